The van der Waals surface area contributed by atoms with E-state index in [-0.39, 0.29) is 12.1 Å². The minimum absolute atomic E-state index is 0.0733. The van der Waals surface area contributed by atoms with E-state index >= 15 is 0 Å². The van der Waals surface area contributed by atoms with Crippen molar-refractivity contribution in [3.05, 3.63) is 53.2 Å². The molecule has 1 saturated heterocycles. The van der Waals surface area contributed by atoms with Crippen LogP contribution in [0.1, 0.15) is 33.3 Å². The zero-order valence-corrected chi connectivity index (χ0v) is 18.1. The minimum Gasteiger partial charge on any atom is -0.489 e. The molecular weight excluding hydrogens is 390 g/mol. The van der Waals surface area contributed by atoms with Crippen LogP contribution >= 0.6 is 11.6 Å². The van der Waals surface area contributed by atoms with Gasteiger partial charge < -0.3 is 19.3 Å². The third-order valence-electron chi connectivity index (χ3n) is 4.58. The van der Waals surface area contributed by atoms with Crippen LogP contribution in [0.25, 0.3) is 0 Å². The molecule has 1 aliphatic rings. The van der Waals surface area contributed by atoms with E-state index in [1.54, 1.807) is 11.0 Å². The summed E-state index contributed by atoms with van der Waals surface area (Å²) in [7, 11) is 0. The minimum atomic E-state index is -0.503. The number of rotatable bonds is 4. The highest BCUT2D eigenvalue weighted by molar-refractivity contribution is 6.29. The maximum absolute atomic E-state index is 12.4. The summed E-state index contributed by atoms with van der Waals surface area (Å²) in [6.07, 6.45) is -0.282. The Bertz CT molecular complexity index is 839. The van der Waals surface area contributed by atoms with Crippen molar-refractivity contribution in [2.24, 2.45) is 0 Å². The van der Waals surface area contributed by atoms with Gasteiger partial charge in [-0.15, -0.1) is 0 Å². The summed E-state index contributed by atoms with van der Waals surface area (Å²) < 4.78 is 11.4. The highest BCUT2D eigenvalue weighted by atomic mass is 35.5. The number of carbonyl (C=O) groups excluding carboxylic acids is 1. The number of anilines is 1. The number of ether oxygens (including phenoxy) is 2. The molecule has 2 heterocycles. The van der Waals surface area contributed by atoms with Crippen LogP contribution in [0.3, 0.4) is 0 Å². The summed E-state index contributed by atoms with van der Waals surface area (Å²) in [6, 6.07) is 13.7. The molecule has 156 valence electrons. The largest absolute Gasteiger partial charge is 0.489 e. The number of piperazine rings is 1. The number of amides is 1. The molecule has 1 aliphatic heterocycles. The lowest BCUT2D eigenvalue weighted by atomic mass is 10.2. The number of hydrogen-bond acceptors (Lipinski definition) is 5. The predicted octanol–water partition coefficient (Wildman–Crippen LogP) is 4.76. The number of benzene rings is 1. The number of carbonyl (C=O) groups is 1. The van der Waals surface area contributed by atoms with Crippen LogP contribution < -0.4 is 9.64 Å². The molecule has 0 spiro atoms. The SMILES string of the molecule is C[C@H]1CN(C(=O)OC(C)(C)C)CCN1c1cc(OCc2ccccc2)cc(Cl)n1. The van der Waals surface area contributed by atoms with Gasteiger partial charge in [0.25, 0.3) is 0 Å². The molecule has 2 aromatic rings. The van der Waals surface area contributed by atoms with Crippen molar-refractivity contribution in [3.63, 3.8) is 0 Å². The topological polar surface area (TPSA) is 54.9 Å². The second kappa shape index (κ2) is 8.91. The Morgan fingerprint density at radius 3 is 2.59 bits per heavy atom. The van der Waals surface area contributed by atoms with Gasteiger partial charge in [0.15, 0.2) is 0 Å². The van der Waals surface area contributed by atoms with Gasteiger partial charge in [0, 0.05) is 37.8 Å². The molecule has 0 saturated carbocycles. The normalized spacial score (nSPS) is 17.2. The molecule has 1 aromatic carbocycles. The third kappa shape index (κ3) is 6.00. The van der Waals surface area contributed by atoms with Gasteiger partial charge in [-0.1, -0.05) is 41.9 Å². The van der Waals surface area contributed by atoms with E-state index in [4.69, 9.17) is 21.1 Å². The standard InChI is InChI=1S/C22H28ClN3O3/c1-16-14-25(21(27)29-22(2,3)4)10-11-26(16)20-13-18(12-19(23)24-20)28-15-17-8-6-5-7-9-17/h5-9,12-13,16H,10-11,14-15H2,1-4H3/t16-/m0/s1. The van der Waals surface area contributed by atoms with Gasteiger partial charge in [-0.2, -0.15) is 0 Å². The molecule has 0 bridgehead atoms. The van der Waals surface area contributed by atoms with Crippen LogP contribution in [-0.4, -0.2) is 47.3 Å². The summed E-state index contributed by atoms with van der Waals surface area (Å²) in [4.78, 5) is 20.7. The second-order valence-corrected chi connectivity index (χ2v) is 8.61. The highest BCUT2D eigenvalue weighted by Crippen LogP contribution is 2.27. The monoisotopic (exact) mass is 417 g/mol. The third-order valence-corrected chi connectivity index (χ3v) is 4.77. The van der Waals surface area contributed by atoms with Gasteiger partial charge >= 0.3 is 6.09 Å². The van der Waals surface area contributed by atoms with Crippen molar-refractivity contribution in [3.8, 4) is 5.75 Å². The molecular formula is C22H28ClN3O3. The molecule has 7 heteroatoms. The molecule has 1 amide bonds. The van der Waals surface area contributed by atoms with Crippen LogP contribution in [0, 0.1) is 0 Å². The van der Waals surface area contributed by atoms with Gasteiger partial charge in [-0.25, -0.2) is 9.78 Å². The van der Waals surface area contributed by atoms with E-state index in [1.807, 2.05) is 57.2 Å². The Kier molecular flexibility index (Phi) is 6.52. The van der Waals surface area contributed by atoms with Crippen molar-refractivity contribution in [2.45, 2.75) is 45.9 Å². The number of nitrogens with zero attached hydrogens (tertiary/aromatic N) is 3. The van der Waals surface area contributed by atoms with E-state index in [0.717, 1.165) is 11.4 Å². The lowest BCUT2D eigenvalue weighted by Crippen LogP contribution is -2.54. The Morgan fingerprint density at radius 2 is 1.93 bits per heavy atom. The summed E-state index contributed by atoms with van der Waals surface area (Å²) >= 11 is 6.25. The molecule has 3 rings (SSSR count). The molecule has 29 heavy (non-hydrogen) atoms. The number of halogens is 1. The fourth-order valence-corrected chi connectivity index (χ4v) is 3.42. The number of pyridine rings is 1. The van der Waals surface area contributed by atoms with Gasteiger partial charge in [0.05, 0.1) is 0 Å². The van der Waals surface area contributed by atoms with Crippen LogP contribution in [0.15, 0.2) is 42.5 Å². The van der Waals surface area contributed by atoms with Crippen LogP contribution in [-0.2, 0) is 11.3 Å². The Morgan fingerprint density at radius 1 is 1.21 bits per heavy atom. The predicted molar refractivity (Wildman–Crippen MR) is 115 cm³/mol. The van der Waals surface area contributed by atoms with Crippen LogP contribution in [0.4, 0.5) is 10.6 Å². The molecule has 0 radical (unpaired) electrons. The zero-order chi connectivity index (χ0) is 21.0. The molecule has 1 atom stereocenters. The average molecular weight is 418 g/mol. The summed E-state index contributed by atoms with van der Waals surface area (Å²) in [6.45, 7) is 9.90. The Hall–Kier alpha value is -2.47. The fraction of sp³-hybridized carbons (Fsp3) is 0.455. The van der Waals surface area contributed by atoms with Crippen LogP contribution in [0.5, 0.6) is 5.75 Å². The molecule has 6 nitrogen and oxygen atoms in total. The first-order valence-corrected chi connectivity index (χ1v) is 10.2. The molecule has 1 fully saturated rings. The zero-order valence-electron chi connectivity index (χ0n) is 17.4. The average Bonchev–Trinajstić information content (AvgIpc) is 2.65. The van der Waals surface area contributed by atoms with Crippen molar-refractivity contribution in [2.75, 3.05) is 24.5 Å². The first-order chi connectivity index (χ1) is 13.7. The van der Waals surface area contributed by atoms with Crippen molar-refractivity contribution < 1.29 is 14.3 Å². The number of aromatic nitrogens is 1. The Balaban J connectivity index is 1.66. The molecule has 0 aliphatic carbocycles. The molecule has 1 aromatic heterocycles. The molecule has 0 unspecified atom stereocenters. The second-order valence-electron chi connectivity index (χ2n) is 8.23. The van der Waals surface area contributed by atoms with Gasteiger partial charge in [-0.05, 0) is 33.3 Å². The Labute approximate surface area is 177 Å². The van der Waals surface area contributed by atoms with Crippen molar-refractivity contribution >= 4 is 23.5 Å². The molecule has 0 N–H and O–H groups in total. The van der Waals surface area contributed by atoms with E-state index in [0.29, 0.717) is 37.1 Å². The van der Waals surface area contributed by atoms with E-state index in [2.05, 4.69) is 16.8 Å². The quantitative estimate of drug-likeness (QED) is 0.671. The summed E-state index contributed by atoms with van der Waals surface area (Å²) in [5.41, 5.74) is 0.582. The highest BCUT2D eigenvalue weighted by Gasteiger charge is 2.30. The first-order valence-electron chi connectivity index (χ1n) is 9.80. The lowest BCUT2D eigenvalue weighted by molar-refractivity contribution is 0.0218. The number of hydrogen-bond donors (Lipinski definition) is 0. The van der Waals surface area contributed by atoms with Gasteiger partial charge in [0.1, 0.15) is 28.9 Å². The summed E-state index contributed by atoms with van der Waals surface area (Å²) in [5, 5.41) is 0.382. The maximum Gasteiger partial charge on any atom is 0.410 e. The van der Waals surface area contributed by atoms with Gasteiger partial charge in [-0.3, -0.25) is 0 Å². The maximum atomic E-state index is 12.4. The van der Waals surface area contributed by atoms with E-state index in [1.165, 1.54) is 0 Å². The summed E-state index contributed by atoms with van der Waals surface area (Å²) in [5.74, 6) is 1.42. The lowest BCUT2D eigenvalue weighted by Gasteiger charge is -2.40. The van der Waals surface area contributed by atoms with Crippen molar-refractivity contribution in [1.82, 2.24) is 9.88 Å². The smallest absolute Gasteiger partial charge is 0.410 e. The van der Waals surface area contributed by atoms with Gasteiger partial charge in [0.2, 0.25) is 0 Å². The van der Waals surface area contributed by atoms with Crippen LogP contribution in [0.2, 0.25) is 5.15 Å². The first kappa shape index (κ1) is 21.2. The fourth-order valence-electron chi connectivity index (χ4n) is 3.22. The van der Waals surface area contributed by atoms with Crippen molar-refractivity contribution in [1.29, 1.82) is 0 Å². The van der Waals surface area contributed by atoms with E-state index < -0.39 is 5.60 Å². The van der Waals surface area contributed by atoms with E-state index in [9.17, 15) is 4.79 Å².